The lowest BCUT2D eigenvalue weighted by Gasteiger charge is -2.02. The first-order valence-electron chi connectivity index (χ1n) is 4.18. The van der Waals surface area contributed by atoms with Crippen molar-refractivity contribution in [1.82, 2.24) is 0 Å². The third kappa shape index (κ3) is 2.43. The van der Waals surface area contributed by atoms with Crippen LogP contribution in [0.25, 0.3) is 0 Å². The molecule has 0 saturated carbocycles. The average Bonchev–Trinajstić information content (AvgIpc) is 2.21. The zero-order chi connectivity index (χ0) is 10.4. The quantitative estimate of drug-likeness (QED) is 0.727. The second-order valence-electron chi connectivity index (χ2n) is 2.88. The predicted octanol–water partition coefficient (Wildman–Crippen LogP) is 1.91. The van der Waals surface area contributed by atoms with Crippen LogP contribution in [0, 0.1) is 34.0 Å². The van der Waals surface area contributed by atoms with Crippen LogP contribution in [0.4, 0.5) is 0 Å². The van der Waals surface area contributed by atoms with Gasteiger partial charge in [-0.15, -0.1) is 0 Å². The molecule has 0 fully saturated rings. The highest BCUT2D eigenvalue weighted by atomic mass is 14.5. The molecule has 0 heterocycles. The van der Waals surface area contributed by atoms with Gasteiger partial charge in [-0.25, -0.2) is 0 Å². The van der Waals surface area contributed by atoms with Crippen molar-refractivity contribution in [2.45, 2.75) is 6.42 Å². The number of nitrogens with one attached hydrogen (secondary N) is 1. The highest BCUT2D eigenvalue weighted by molar-refractivity contribution is 5.90. The molecule has 0 aliphatic rings. The maximum absolute atomic E-state index is 8.56. The third-order valence-electron chi connectivity index (χ3n) is 1.84. The van der Waals surface area contributed by atoms with Gasteiger partial charge in [0.25, 0.3) is 0 Å². The molecule has 0 aliphatic carbocycles. The molecule has 0 bridgehead atoms. The first kappa shape index (κ1) is 9.95. The summed E-state index contributed by atoms with van der Waals surface area (Å²) in [5.74, 6) is -0.921. The van der Waals surface area contributed by atoms with Gasteiger partial charge in [0.15, 0.2) is 5.92 Å². The van der Waals surface area contributed by atoms with Crippen molar-refractivity contribution in [3.05, 3.63) is 35.9 Å². The number of nitriles is 2. The minimum Gasteiger partial charge on any atom is -0.307 e. The number of benzene rings is 1. The van der Waals surface area contributed by atoms with E-state index >= 15 is 0 Å². The fraction of sp³-hybridized carbons (Fsp3) is 0.182. The maximum atomic E-state index is 8.56. The van der Waals surface area contributed by atoms with Gasteiger partial charge in [-0.3, -0.25) is 0 Å². The number of rotatable bonds is 3. The summed E-state index contributed by atoms with van der Waals surface area (Å²) in [6, 6.07) is 13.0. The SMILES string of the molecule is N#CC(C#N)C(=N)Cc1ccccc1. The van der Waals surface area contributed by atoms with Gasteiger partial charge in [0.1, 0.15) is 0 Å². The van der Waals surface area contributed by atoms with Gasteiger partial charge in [-0.05, 0) is 5.56 Å². The second kappa shape index (κ2) is 4.79. The Morgan fingerprint density at radius 2 is 1.79 bits per heavy atom. The Kier molecular flexibility index (Phi) is 3.41. The van der Waals surface area contributed by atoms with Crippen LogP contribution in [-0.4, -0.2) is 5.71 Å². The fourth-order valence-electron chi connectivity index (χ4n) is 1.10. The predicted molar refractivity (Wildman–Crippen MR) is 52.6 cm³/mol. The maximum Gasteiger partial charge on any atom is 0.170 e. The largest absolute Gasteiger partial charge is 0.307 e. The molecule has 0 radical (unpaired) electrons. The Morgan fingerprint density at radius 3 is 2.29 bits per heavy atom. The Bertz CT molecular complexity index is 381. The van der Waals surface area contributed by atoms with Crippen LogP contribution in [0.2, 0.25) is 0 Å². The minimum absolute atomic E-state index is 0.154. The monoisotopic (exact) mass is 183 g/mol. The van der Waals surface area contributed by atoms with E-state index in [4.69, 9.17) is 15.9 Å². The molecule has 0 spiro atoms. The molecular weight excluding hydrogens is 174 g/mol. The second-order valence-corrected chi connectivity index (χ2v) is 2.88. The Balaban J connectivity index is 2.68. The van der Waals surface area contributed by atoms with Crippen molar-refractivity contribution < 1.29 is 0 Å². The first-order valence-corrected chi connectivity index (χ1v) is 4.18. The molecule has 1 N–H and O–H groups in total. The van der Waals surface area contributed by atoms with Crippen molar-refractivity contribution in [2.75, 3.05) is 0 Å². The lowest BCUT2D eigenvalue weighted by molar-refractivity contribution is 1.07. The summed E-state index contributed by atoms with van der Waals surface area (Å²) >= 11 is 0. The minimum atomic E-state index is -0.921. The van der Waals surface area contributed by atoms with Crippen LogP contribution in [-0.2, 0) is 6.42 Å². The van der Waals surface area contributed by atoms with Gasteiger partial charge in [-0.2, -0.15) is 10.5 Å². The van der Waals surface area contributed by atoms with Crippen LogP contribution < -0.4 is 0 Å². The molecular formula is C11H9N3. The van der Waals surface area contributed by atoms with Crippen molar-refractivity contribution in [3.8, 4) is 12.1 Å². The molecule has 0 aromatic heterocycles. The molecule has 1 aromatic carbocycles. The van der Waals surface area contributed by atoms with E-state index in [9.17, 15) is 0 Å². The molecule has 1 rings (SSSR count). The fourth-order valence-corrected chi connectivity index (χ4v) is 1.10. The number of nitrogens with zero attached hydrogens (tertiary/aromatic N) is 2. The molecule has 14 heavy (non-hydrogen) atoms. The molecule has 0 atom stereocenters. The summed E-state index contributed by atoms with van der Waals surface area (Å²) in [5.41, 5.74) is 1.11. The topological polar surface area (TPSA) is 71.4 Å². The molecule has 0 saturated heterocycles. The highest BCUT2D eigenvalue weighted by Gasteiger charge is 2.12. The summed E-state index contributed by atoms with van der Waals surface area (Å²) in [6.07, 6.45) is 0.368. The molecule has 3 heteroatoms. The molecule has 1 aromatic rings. The smallest absolute Gasteiger partial charge is 0.170 e. The van der Waals surface area contributed by atoms with E-state index in [0.29, 0.717) is 6.42 Å². The van der Waals surface area contributed by atoms with Crippen LogP contribution in [0.3, 0.4) is 0 Å². The summed E-state index contributed by atoms with van der Waals surface area (Å²) in [4.78, 5) is 0. The van der Waals surface area contributed by atoms with Gasteiger partial charge in [0.2, 0.25) is 0 Å². The molecule has 3 nitrogen and oxygen atoms in total. The van der Waals surface area contributed by atoms with E-state index < -0.39 is 5.92 Å². The highest BCUT2D eigenvalue weighted by Crippen LogP contribution is 2.05. The Morgan fingerprint density at radius 1 is 1.21 bits per heavy atom. The van der Waals surface area contributed by atoms with Crippen LogP contribution in [0.5, 0.6) is 0 Å². The van der Waals surface area contributed by atoms with E-state index in [1.165, 1.54) is 0 Å². The molecule has 0 aliphatic heterocycles. The zero-order valence-electron chi connectivity index (χ0n) is 7.57. The Labute approximate surface area is 82.7 Å². The van der Waals surface area contributed by atoms with E-state index in [0.717, 1.165) is 5.56 Å². The molecule has 0 amide bonds. The van der Waals surface area contributed by atoms with Crippen LogP contribution in [0.15, 0.2) is 30.3 Å². The lowest BCUT2D eigenvalue weighted by Crippen LogP contribution is -2.12. The molecule has 0 unspecified atom stereocenters. The van der Waals surface area contributed by atoms with Gasteiger partial charge in [0.05, 0.1) is 12.1 Å². The third-order valence-corrected chi connectivity index (χ3v) is 1.84. The van der Waals surface area contributed by atoms with E-state index in [1.807, 2.05) is 30.3 Å². The van der Waals surface area contributed by atoms with Crippen molar-refractivity contribution in [2.24, 2.45) is 5.92 Å². The van der Waals surface area contributed by atoms with Crippen molar-refractivity contribution >= 4 is 5.71 Å². The van der Waals surface area contributed by atoms with Gasteiger partial charge in [0, 0.05) is 12.1 Å². The van der Waals surface area contributed by atoms with E-state index in [1.54, 1.807) is 12.1 Å². The zero-order valence-corrected chi connectivity index (χ0v) is 7.57. The summed E-state index contributed by atoms with van der Waals surface area (Å²) in [6.45, 7) is 0. The van der Waals surface area contributed by atoms with Gasteiger partial charge in [-0.1, -0.05) is 30.3 Å². The number of hydrogen-bond acceptors (Lipinski definition) is 3. The standard InChI is InChI=1S/C11H9N3/c12-7-10(8-13)11(14)6-9-4-2-1-3-5-9/h1-5,10,14H,6H2. The van der Waals surface area contributed by atoms with Crippen molar-refractivity contribution in [1.29, 1.82) is 15.9 Å². The van der Waals surface area contributed by atoms with Crippen LogP contribution in [0.1, 0.15) is 5.56 Å². The normalized spacial score (nSPS) is 9.07. The van der Waals surface area contributed by atoms with Crippen LogP contribution >= 0.6 is 0 Å². The van der Waals surface area contributed by atoms with E-state index in [-0.39, 0.29) is 5.71 Å². The van der Waals surface area contributed by atoms with E-state index in [2.05, 4.69) is 0 Å². The van der Waals surface area contributed by atoms with Gasteiger partial charge < -0.3 is 5.41 Å². The first-order chi connectivity index (χ1) is 6.77. The number of hydrogen-bond donors (Lipinski definition) is 1. The summed E-state index contributed by atoms with van der Waals surface area (Å²) in [7, 11) is 0. The summed E-state index contributed by atoms with van der Waals surface area (Å²) in [5, 5.41) is 24.7. The summed E-state index contributed by atoms with van der Waals surface area (Å²) < 4.78 is 0. The van der Waals surface area contributed by atoms with Crippen molar-refractivity contribution in [3.63, 3.8) is 0 Å². The lowest BCUT2D eigenvalue weighted by atomic mass is 9.99. The molecule has 68 valence electrons. The Hall–Kier alpha value is -2.13. The van der Waals surface area contributed by atoms with Gasteiger partial charge >= 0.3 is 0 Å². The average molecular weight is 183 g/mol.